The van der Waals surface area contributed by atoms with E-state index in [1.807, 2.05) is 9.80 Å². The molecule has 5 heterocycles. The Bertz CT molecular complexity index is 1050. The molecule has 11 heteroatoms. The van der Waals surface area contributed by atoms with Crippen LogP contribution in [-0.4, -0.2) is 85.8 Å². The molecule has 29 heavy (non-hydrogen) atoms. The minimum atomic E-state index is -0.131. The maximum atomic E-state index is 12.8. The number of carbonyl (C=O) groups excluding carboxylic acids is 2. The summed E-state index contributed by atoms with van der Waals surface area (Å²) in [5.41, 5.74) is 1.31. The number of hydrogen-bond donors (Lipinski definition) is 0. The van der Waals surface area contributed by atoms with E-state index in [0.29, 0.717) is 62.0 Å². The van der Waals surface area contributed by atoms with Crippen LogP contribution in [0.25, 0.3) is 11.2 Å². The van der Waals surface area contributed by atoms with Crippen molar-refractivity contribution < 1.29 is 14.0 Å². The molecule has 2 aliphatic heterocycles. The summed E-state index contributed by atoms with van der Waals surface area (Å²) in [6, 6.07) is 3.35. The topological polar surface area (TPSA) is 113 Å². The maximum Gasteiger partial charge on any atom is 0.289 e. The molecule has 5 rings (SSSR count). The van der Waals surface area contributed by atoms with Gasteiger partial charge in [0.15, 0.2) is 22.7 Å². The van der Waals surface area contributed by atoms with Gasteiger partial charge in [0, 0.05) is 46.3 Å². The van der Waals surface area contributed by atoms with Crippen LogP contribution >= 0.6 is 0 Å². The average molecular weight is 396 g/mol. The molecule has 0 unspecified atom stereocenters. The number of carbonyl (C=O) groups is 2. The highest BCUT2D eigenvalue weighted by molar-refractivity contribution is 5.92. The van der Waals surface area contributed by atoms with E-state index in [2.05, 4.69) is 20.3 Å². The second-order valence-corrected chi connectivity index (χ2v) is 7.28. The van der Waals surface area contributed by atoms with Gasteiger partial charge >= 0.3 is 0 Å². The van der Waals surface area contributed by atoms with Gasteiger partial charge in [0.05, 0.1) is 12.2 Å². The van der Waals surface area contributed by atoms with Crippen LogP contribution in [0.1, 0.15) is 10.6 Å². The summed E-state index contributed by atoms with van der Waals surface area (Å²) in [5, 5.41) is 8.12. The van der Waals surface area contributed by atoms with Crippen LogP contribution in [0.5, 0.6) is 0 Å². The molecule has 0 aromatic carbocycles. The number of aryl methyl sites for hydroxylation is 1. The molecule has 0 radical (unpaired) electrons. The zero-order valence-corrected chi connectivity index (χ0v) is 15.9. The Morgan fingerprint density at radius 1 is 1.10 bits per heavy atom. The van der Waals surface area contributed by atoms with Gasteiger partial charge < -0.3 is 19.1 Å². The molecular weight excluding hydrogens is 376 g/mol. The number of hydrogen-bond acceptors (Lipinski definition) is 8. The molecule has 0 atom stereocenters. The Kier molecular flexibility index (Phi) is 4.14. The van der Waals surface area contributed by atoms with E-state index in [1.165, 1.54) is 12.6 Å². The van der Waals surface area contributed by atoms with Crippen LogP contribution in [0.4, 0.5) is 5.82 Å². The summed E-state index contributed by atoms with van der Waals surface area (Å²) >= 11 is 0. The molecule has 2 amide bonds. The zero-order chi connectivity index (χ0) is 20.0. The quantitative estimate of drug-likeness (QED) is 0.597. The molecule has 11 nitrogen and oxygen atoms in total. The molecule has 0 aliphatic carbocycles. The molecule has 0 saturated carbocycles. The molecule has 3 aromatic heterocycles. The van der Waals surface area contributed by atoms with Crippen molar-refractivity contribution in [3.05, 3.63) is 30.5 Å². The van der Waals surface area contributed by atoms with Gasteiger partial charge in [0.1, 0.15) is 6.33 Å². The van der Waals surface area contributed by atoms with E-state index in [9.17, 15) is 9.59 Å². The van der Waals surface area contributed by atoms with Crippen molar-refractivity contribution in [3.8, 4) is 0 Å². The maximum absolute atomic E-state index is 12.8. The van der Waals surface area contributed by atoms with E-state index < -0.39 is 0 Å². The largest absolute Gasteiger partial charge is 0.459 e. The number of anilines is 1. The molecule has 2 aliphatic rings. The van der Waals surface area contributed by atoms with Gasteiger partial charge in [-0.3, -0.25) is 9.59 Å². The average Bonchev–Trinajstić information content (AvgIpc) is 3.37. The highest BCUT2D eigenvalue weighted by atomic mass is 16.3. The van der Waals surface area contributed by atoms with Gasteiger partial charge in [-0.05, 0) is 12.1 Å². The van der Waals surface area contributed by atoms with E-state index in [-0.39, 0.29) is 17.7 Å². The highest BCUT2D eigenvalue weighted by Gasteiger charge is 2.38. The normalized spacial score (nSPS) is 17.6. The van der Waals surface area contributed by atoms with Crippen LogP contribution < -0.4 is 4.90 Å². The molecule has 2 saturated heterocycles. The predicted octanol–water partition coefficient (Wildman–Crippen LogP) is -0.228. The van der Waals surface area contributed by atoms with Crippen molar-refractivity contribution in [2.24, 2.45) is 13.0 Å². The Balaban J connectivity index is 1.18. The first-order valence-corrected chi connectivity index (χ1v) is 9.48. The van der Waals surface area contributed by atoms with Crippen molar-refractivity contribution in [3.63, 3.8) is 0 Å². The zero-order valence-electron chi connectivity index (χ0n) is 15.9. The van der Waals surface area contributed by atoms with E-state index in [1.54, 1.807) is 28.8 Å². The lowest BCUT2D eigenvalue weighted by Gasteiger charge is -2.43. The summed E-state index contributed by atoms with van der Waals surface area (Å²) in [7, 11) is 1.78. The first-order chi connectivity index (χ1) is 14.1. The van der Waals surface area contributed by atoms with Crippen LogP contribution in [0.3, 0.4) is 0 Å². The SMILES string of the molecule is Cn1nnc2c(N3CC(C(=O)N4CCN(C(=O)c5ccco5)CC4)C3)ncnc21. The molecule has 2 fully saturated rings. The number of nitrogens with zero attached hydrogens (tertiary/aromatic N) is 8. The number of fused-ring (bicyclic) bond motifs is 1. The Morgan fingerprint density at radius 2 is 1.86 bits per heavy atom. The first kappa shape index (κ1) is 17.6. The van der Waals surface area contributed by atoms with Crippen LogP contribution in [0.2, 0.25) is 0 Å². The first-order valence-electron chi connectivity index (χ1n) is 9.48. The third-order valence-electron chi connectivity index (χ3n) is 5.51. The van der Waals surface area contributed by atoms with Crippen LogP contribution in [0, 0.1) is 5.92 Å². The fraction of sp³-hybridized carbons (Fsp3) is 0.444. The molecule has 3 aromatic rings. The monoisotopic (exact) mass is 396 g/mol. The molecule has 0 N–H and O–H groups in total. The molecule has 150 valence electrons. The van der Waals surface area contributed by atoms with Gasteiger partial charge in [-0.2, -0.15) is 0 Å². The lowest BCUT2D eigenvalue weighted by molar-refractivity contribution is -0.137. The second kappa shape index (κ2) is 6.83. The minimum absolute atomic E-state index is 0.0796. The van der Waals surface area contributed by atoms with E-state index in [4.69, 9.17) is 4.42 Å². The molecule has 0 spiro atoms. The summed E-state index contributed by atoms with van der Waals surface area (Å²) in [5.74, 6) is 0.953. The van der Waals surface area contributed by atoms with Gasteiger partial charge in [-0.25, -0.2) is 14.6 Å². The summed E-state index contributed by atoms with van der Waals surface area (Å²) in [6.07, 6.45) is 2.98. The fourth-order valence-electron chi connectivity index (χ4n) is 3.82. The summed E-state index contributed by atoms with van der Waals surface area (Å²) in [6.45, 7) is 3.26. The van der Waals surface area contributed by atoms with Crippen LogP contribution in [-0.2, 0) is 11.8 Å². The summed E-state index contributed by atoms with van der Waals surface area (Å²) < 4.78 is 6.78. The smallest absolute Gasteiger partial charge is 0.289 e. The number of aromatic nitrogens is 5. The molecule has 0 bridgehead atoms. The van der Waals surface area contributed by atoms with Crippen LogP contribution in [0.15, 0.2) is 29.1 Å². The van der Waals surface area contributed by atoms with Gasteiger partial charge in [0.25, 0.3) is 5.91 Å². The van der Waals surface area contributed by atoms with Crippen molar-refractivity contribution in [1.82, 2.24) is 34.8 Å². The fourth-order valence-corrected chi connectivity index (χ4v) is 3.82. The number of furan rings is 1. The number of piperazine rings is 1. The van der Waals surface area contributed by atoms with Crippen molar-refractivity contribution in [2.45, 2.75) is 0 Å². The third kappa shape index (κ3) is 2.98. The Morgan fingerprint density at radius 3 is 2.59 bits per heavy atom. The predicted molar refractivity (Wildman–Crippen MR) is 101 cm³/mol. The summed E-state index contributed by atoms with van der Waals surface area (Å²) in [4.78, 5) is 39.3. The molecular formula is C18H20N8O3. The third-order valence-corrected chi connectivity index (χ3v) is 5.51. The van der Waals surface area contributed by atoms with Gasteiger partial charge in [0.2, 0.25) is 5.91 Å². The number of rotatable bonds is 3. The lowest BCUT2D eigenvalue weighted by atomic mass is 9.98. The van der Waals surface area contributed by atoms with E-state index in [0.717, 1.165) is 0 Å². The second-order valence-electron chi connectivity index (χ2n) is 7.28. The highest BCUT2D eigenvalue weighted by Crippen LogP contribution is 2.28. The van der Waals surface area contributed by atoms with Crippen molar-refractivity contribution >= 4 is 28.8 Å². The Hall–Kier alpha value is -3.50. The van der Waals surface area contributed by atoms with E-state index >= 15 is 0 Å². The number of amides is 2. The van der Waals surface area contributed by atoms with Crippen molar-refractivity contribution in [2.75, 3.05) is 44.2 Å². The van der Waals surface area contributed by atoms with Crippen molar-refractivity contribution in [1.29, 1.82) is 0 Å². The standard InChI is InChI=1S/C18H20N8O3/c1-23-15-14(21-22-23)16(20-11-19-15)26-9-12(10-26)17(27)24-4-6-25(7-5-24)18(28)13-3-2-8-29-13/h2-3,8,11-12H,4-7,9-10H2,1H3. The Labute approximate surface area is 165 Å². The minimum Gasteiger partial charge on any atom is -0.459 e. The van der Waals surface area contributed by atoms with Gasteiger partial charge in [-0.1, -0.05) is 5.21 Å². The lowest BCUT2D eigenvalue weighted by Crippen LogP contribution is -2.58. The van der Waals surface area contributed by atoms with Gasteiger partial charge in [-0.15, -0.1) is 5.10 Å².